The van der Waals surface area contributed by atoms with E-state index in [0.29, 0.717) is 24.2 Å². The number of guanidine groups is 1. The Hall–Kier alpha value is -2.42. The number of nitrogens with one attached hydrogen (secondary N) is 2. The third-order valence-corrected chi connectivity index (χ3v) is 4.83. The lowest BCUT2D eigenvalue weighted by Crippen LogP contribution is -2.38. The average Bonchev–Trinajstić information content (AvgIpc) is 2.99. The Balaban J connectivity index is 0.00000320. The molecule has 160 valence electrons. The van der Waals surface area contributed by atoms with Gasteiger partial charge >= 0.3 is 0 Å². The van der Waals surface area contributed by atoms with Crippen molar-refractivity contribution in [2.75, 3.05) is 26.2 Å². The van der Waals surface area contributed by atoms with Gasteiger partial charge in [0.05, 0.1) is 11.1 Å². The Bertz CT molecular complexity index is 836. The smallest absolute Gasteiger partial charge is 0.261 e. The number of aliphatic imine (C=N–C) groups is 1. The Morgan fingerprint density at radius 3 is 2.17 bits per heavy atom. The highest BCUT2D eigenvalue weighted by Crippen LogP contribution is 2.22. The second-order valence-corrected chi connectivity index (χ2v) is 6.94. The van der Waals surface area contributed by atoms with Crippen molar-refractivity contribution in [1.29, 1.82) is 0 Å². The van der Waals surface area contributed by atoms with Crippen molar-refractivity contribution in [3.8, 4) is 0 Å². The third kappa shape index (κ3) is 6.29. The van der Waals surface area contributed by atoms with Crippen molar-refractivity contribution in [3.05, 3.63) is 71.3 Å². The molecule has 0 saturated carbocycles. The van der Waals surface area contributed by atoms with E-state index in [-0.39, 0.29) is 35.8 Å². The minimum absolute atomic E-state index is 0. The summed E-state index contributed by atoms with van der Waals surface area (Å²) in [7, 11) is 0. The second kappa shape index (κ2) is 12.3. The lowest BCUT2D eigenvalue weighted by atomic mass is 10.1. The quantitative estimate of drug-likeness (QED) is 0.175. The minimum atomic E-state index is -0.190. The van der Waals surface area contributed by atoms with Crippen molar-refractivity contribution in [1.82, 2.24) is 15.5 Å². The molecule has 2 N–H and O–H groups in total. The summed E-state index contributed by atoms with van der Waals surface area (Å²) >= 11 is 0. The van der Waals surface area contributed by atoms with Crippen LogP contribution in [0.1, 0.15) is 46.0 Å². The third-order valence-electron chi connectivity index (χ3n) is 4.83. The zero-order chi connectivity index (χ0) is 20.5. The molecule has 0 atom stereocenters. The number of imide groups is 1. The van der Waals surface area contributed by atoms with Gasteiger partial charge in [0, 0.05) is 26.2 Å². The molecule has 2 amide bonds. The van der Waals surface area contributed by atoms with Gasteiger partial charge in [-0.2, -0.15) is 0 Å². The molecule has 0 radical (unpaired) electrons. The highest BCUT2D eigenvalue weighted by Gasteiger charge is 2.34. The molecule has 0 unspecified atom stereocenters. The summed E-state index contributed by atoms with van der Waals surface area (Å²) in [5, 5.41) is 6.59. The van der Waals surface area contributed by atoms with E-state index >= 15 is 0 Å². The first-order valence-corrected chi connectivity index (χ1v) is 10.2. The van der Waals surface area contributed by atoms with Gasteiger partial charge in [0.25, 0.3) is 11.8 Å². The van der Waals surface area contributed by atoms with E-state index in [2.05, 4.69) is 27.8 Å². The zero-order valence-corrected chi connectivity index (χ0v) is 19.6. The maximum atomic E-state index is 12.4. The maximum Gasteiger partial charge on any atom is 0.261 e. The minimum Gasteiger partial charge on any atom is -0.357 e. The molecule has 0 bridgehead atoms. The molecular weight excluding hydrogens is 491 g/mol. The average molecular weight is 520 g/mol. The van der Waals surface area contributed by atoms with Gasteiger partial charge in [-0.15, -0.1) is 24.0 Å². The van der Waals surface area contributed by atoms with E-state index in [1.807, 2.05) is 25.1 Å². The lowest BCUT2D eigenvalue weighted by molar-refractivity contribution is 0.0652. The molecule has 1 aliphatic heterocycles. The van der Waals surface area contributed by atoms with Crippen molar-refractivity contribution in [2.45, 2.75) is 26.2 Å². The normalized spacial score (nSPS) is 13.1. The number of benzene rings is 2. The summed E-state index contributed by atoms with van der Waals surface area (Å²) in [6.45, 7) is 4.72. The molecule has 0 fully saturated rings. The molecule has 7 heteroatoms. The Labute approximate surface area is 195 Å². The number of hydrogen-bond acceptors (Lipinski definition) is 3. The highest BCUT2D eigenvalue weighted by molar-refractivity contribution is 14.0. The molecule has 6 nitrogen and oxygen atoms in total. The number of rotatable bonds is 9. The predicted molar refractivity (Wildman–Crippen MR) is 131 cm³/mol. The fourth-order valence-corrected chi connectivity index (χ4v) is 3.33. The summed E-state index contributed by atoms with van der Waals surface area (Å²) in [5.74, 6) is 0.416. The van der Waals surface area contributed by atoms with Crippen LogP contribution in [0, 0.1) is 0 Å². The molecular formula is C23H29IN4O2. The fraction of sp³-hybridized carbons (Fsp3) is 0.348. The monoisotopic (exact) mass is 520 g/mol. The topological polar surface area (TPSA) is 73.8 Å². The number of carbonyl (C=O) groups excluding carboxylic acids is 2. The fourth-order valence-electron chi connectivity index (χ4n) is 3.33. The molecule has 0 spiro atoms. The van der Waals surface area contributed by atoms with Crippen LogP contribution < -0.4 is 10.6 Å². The summed E-state index contributed by atoms with van der Waals surface area (Å²) in [5.41, 5.74) is 2.30. The van der Waals surface area contributed by atoms with Crippen LogP contribution in [0.25, 0.3) is 0 Å². The van der Waals surface area contributed by atoms with E-state index in [1.54, 1.807) is 24.3 Å². The van der Waals surface area contributed by atoms with E-state index in [4.69, 9.17) is 0 Å². The van der Waals surface area contributed by atoms with Crippen molar-refractivity contribution in [3.63, 3.8) is 0 Å². The first kappa shape index (κ1) is 23.9. The van der Waals surface area contributed by atoms with E-state index in [1.165, 1.54) is 10.5 Å². The van der Waals surface area contributed by atoms with Gasteiger partial charge in [-0.05, 0) is 43.9 Å². The van der Waals surface area contributed by atoms with Crippen LogP contribution in [0.3, 0.4) is 0 Å². The molecule has 0 aliphatic carbocycles. The number of nitrogens with zero attached hydrogens (tertiary/aromatic N) is 2. The van der Waals surface area contributed by atoms with Gasteiger partial charge in [0.2, 0.25) is 0 Å². The first-order chi connectivity index (χ1) is 14.2. The summed E-state index contributed by atoms with van der Waals surface area (Å²) in [6, 6.07) is 17.3. The van der Waals surface area contributed by atoms with Crippen LogP contribution in [0.15, 0.2) is 59.6 Å². The number of fused-ring (bicyclic) bond motifs is 1. The van der Waals surface area contributed by atoms with Crippen LogP contribution in [-0.4, -0.2) is 48.9 Å². The number of halogens is 1. The lowest BCUT2D eigenvalue weighted by Gasteiger charge is -2.13. The molecule has 30 heavy (non-hydrogen) atoms. The largest absolute Gasteiger partial charge is 0.357 e. The summed E-state index contributed by atoms with van der Waals surface area (Å²) in [6.07, 6.45) is 2.48. The van der Waals surface area contributed by atoms with E-state index in [9.17, 15) is 9.59 Å². The van der Waals surface area contributed by atoms with Gasteiger partial charge in [-0.1, -0.05) is 42.5 Å². The number of unbranched alkanes of at least 4 members (excludes halogenated alkanes) is 1. The molecule has 1 heterocycles. The number of amides is 2. The highest BCUT2D eigenvalue weighted by atomic mass is 127. The van der Waals surface area contributed by atoms with Crippen molar-refractivity contribution in [2.24, 2.45) is 4.99 Å². The van der Waals surface area contributed by atoms with Crippen LogP contribution in [0.2, 0.25) is 0 Å². The number of hydrogen-bond donors (Lipinski definition) is 2. The van der Waals surface area contributed by atoms with Crippen LogP contribution in [-0.2, 0) is 6.42 Å². The van der Waals surface area contributed by atoms with Crippen LogP contribution >= 0.6 is 24.0 Å². The molecule has 3 rings (SSSR count). The molecule has 0 saturated heterocycles. The summed E-state index contributed by atoms with van der Waals surface area (Å²) < 4.78 is 0. The Morgan fingerprint density at radius 2 is 1.53 bits per heavy atom. The first-order valence-electron chi connectivity index (χ1n) is 10.2. The summed E-state index contributed by atoms with van der Waals surface area (Å²) in [4.78, 5) is 30.7. The van der Waals surface area contributed by atoms with Gasteiger partial charge in [-0.25, -0.2) is 0 Å². The number of carbonyl (C=O) groups is 2. The van der Waals surface area contributed by atoms with Gasteiger partial charge in [0.1, 0.15) is 0 Å². The maximum absolute atomic E-state index is 12.4. The zero-order valence-electron chi connectivity index (χ0n) is 17.3. The second-order valence-electron chi connectivity index (χ2n) is 6.94. The predicted octanol–water partition coefficient (Wildman–Crippen LogP) is 3.48. The van der Waals surface area contributed by atoms with Crippen molar-refractivity contribution < 1.29 is 9.59 Å². The van der Waals surface area contributed by atoms with Gasteiger partial charge in [-0.3, -0.25) is 19.5 Å². The SMILES string of the molecule is CCNC(=NCCCCN1C(=O)c2ccccc2C1=O)NCCc1ccccc1.I. The Morgan fingerprint density at radius 1 is 0.900 bits per heavy atom. The van der Waals surface area contributed by atoms with Gasteiger partial charge in [0.15, 0.2) is 5.96 Å². The molecule has 0 aromatic heterocycles. The van der Waals surface area contributed by atoms with Gasteiger partial charge < -0.3 is 10.6 Å². The standard InChI is InChI=1S/C23H28N4O2.HI/c1-2-24-23(26-16-14-18-10-4-3-5-11-18)25-15-8-9-17-27-21(28)19-12-6-7-13-20(19)22(27)29;/h3-7,10-13H,2,8-9,14-17H2,1H3,(H2,24,25,26);1H. The van der Waals surface area contributed by atoms with Crippen molar-refractivity contribution >= 4 is 41.8 Å². The molecule has 2 aromatic carbocycles. The molecule has 1 aliphatic rings. The van der Waals surface area contributed by atoms with Crippen LogP contribution in [0.5, 0.6) is 0 Å². The van der Waals surface area contributed by atoms with E-state index < -0.39 is 0 Å². The molecule has 2 aromatic rings. The Kier molecular flexibility index (Phi) is 9.79. The van der Waals surface area contributed by atoms with Crippen LogP contribution in [0.4, 0.5) is 0 Å². The van der Waals surface area contributed by atoms with E-state index in [0.717, 1.165) is 38.3 Å².